The number of benzene rings is 1. The molecule has 4 rings (SSSR count). The summed E-state index contributed by atoms with van der Waals surface area (Å²) in [6.07, 6.45) is 2.29. The highest BCUT2D eigenvalue weighted by atomic mass is 32.2. The van der Waals surface area contributed by atoms with Crippen molar-refractivity contribution >= 4 is 39.1 Å². The summed E-state index contributed by atoms with van der Waals surface area (Å²) in [5.74, 6) is 0.944. The van der Waals surface area contributed by atoms with Gasteiger partial charge < -0.3 is 0 Å². The number of thiophene rings is 1. The zero-order valence-electron chi connectivity index (χ0n) is 15.7. The van der Waals surface area contributed by atoms with Crippen LogP contribution in [0.4, 0.5) is 0 Å². The van der Waals surface area contributed by atoms with E-state index in [0.29, 0.717) is 16.8 Å². The lowest BCUT2D eigenvalue weighted by Crippen LogP contribution is -2.24. The first kappa shape index (κ1) is 18.4. The zero-order valence-corrected chi connectivity index (χ0v) is 17.3. The van der Waals surface area contributed by atoms with Crippen LogP contribution in [-0.2, 0) is 4.79 Å². The van der Waals surface area contributed by atoms with E-state index in [1.165, 1.54) is 23.1 Å². The smallest absolute Gasteiger partial charge is 0.267 e. The fourth-order valence-electron chi connectivity index (χ4n) is 2.94. The Morgan fingerprint density at radius 2 is 1.96 bits per heavy atom. The molecule has 6 heteroatoms. The molecule has 27 heavy (non-hydrogen) atoms. The Labute approximate surface area is 166 Å². The van der Waals surface area contributed by atoms with Gasteiger partial charge in [0, 0.05) is 5.41 Å². The summed E-state index contributed by atoms with van der Waals surface area (Å²) < 4.78 is 1.67. The lowest BCUT2D eigenvalue weighted by Gasteiger charge is -2.17. The van der Waals surface area contributed by atoms with E-state index in [9.17, 15) is 9.59 Å². The number of thioether (sulfide) groups is 1. The van der Waals surface area contributed by atoms with E-state index in [0.717, 1.165) is 34.3 Å². The Hall–Kier alpha value is -1.92. The number of ketones is 1. The van der Waals surface area contributed by atoms with Crippen molar-refractivity contribution in [2.75, 3.05) is 5.75 Å². The second kappa shape index (κ2) is 6.91. The summed E-state index contributed by atoms with van der Waals surface area (Å²) in [5, 5.41) is 3.42. The van der Waals surface area contributed by atoms with E-state index in [1.54, 1.807) is 4.57 Å². The highest BCUT2D eigenvalue weighted by Crippen LogP contribution is 2.44. The van der Waals surface area contributed by atoms with E-state index in [1.807, 2.05) is 51.1 Å². The van der Waals surface area contributed by atoms with Gasteiger partial charge in [0.15, 0.2) is 5.16 Å². The summed E-state index contributed by atoms with van der Waals surface area (Å²) in [4.78, 5) is 31.4. The molecule has 0 radical (unpaired) electrons. The molecule has 1 aliphatic carbocycles. The number of fused-ring (bicyclic) bond motifs is 1. The van der Waals surface area contributed by atoms with Gasteiger partial charge in [-0.1, -0.05) is 50.7 Å². The van der Waals surface area contributed by atoms with Gasteiger partial charge in [-0.2, -0.15) is 0 Å². The molecular weight excluding hydrogens is 376 g/mol. The highest BCUT2D eigenvalue weighted by Gasteiger charge is 2.29. The van der Waals surface area contributed by atoms with Gasteiger partial charge in [0.25, 0.3) is 5.56 Å². The second-order valence-electron chi connectivity index (χ2n) is 7.98. The maximum Gasteiger partial charge on any atom is 0.267 e. The van der Waals surface area contributed by atoms with Gasteiger partial charge in [-0.15, -0.1) is 11.3 Å². The first-order valence-electron chi connectivity index (χ1n) is 9.12. The van der Waals surface area contributed by atoms with Crippen molar-refractivity contribution in [1.82, 2.24) is 9.55 Å². The van der Waals surface area contributed by atoms with Crippen LogP contribution in [0.15, 0.2) is 45.7 Å². The summed E-state index contributed by atoms with van der Waals surface area (Å²) in [6.45, 7) is 5.74. The van der Waals surface area contributed by atoms with Gasteiger partial charge in [0.05, 0.1) is 16.8 Å². The molecule has 0 aliphatic heterocycles. The van der Waals surface area contributed by atoms with Gasteiger partial charge in [-0.25, -0.2) is 4.98 Å². The Bertz CT molecular complexity index is 1060. The molecule has 2 heterocycles. The largest absolute Gasteiger partial charge is 0.298 e. The molecule has 1 aromatic carbocycles. The SMILES string of the molecule is CC(C)(C)C(=O)CSc1nc2scc(C3CC3)c2c(=O)n1-c1ccccc1. The summed E-state index contributed by atoms with van der Waals surface area (Å²) in [5.41, 5.74) is 1.49. The lowest BCUT2D eigenvalue weighted by atomic mass is 9.92. The third-order valence-electron chi connectivity index (χ3n) is 4.81. The van der Waals surface area contributed by atoms with Gasteiger partial charge in [0.1, 0.15) is 10.6 Å². The topological polar surface area (TPSA) is 52.0 Å². The molecule has 0 bridgehead atoms. The summed E-state index contributed by atoms with van der Waals surface area (Å²) in [6, 6.07) is 9.57. The molecule has 140 valence electrons. The number of rotatable bonds is 5. The third kappa shape index (κ3) is 3.60. The van der Waals surface area contributed by atoms with Crippen molar-refractivity contribution in [3.8, 4) is 5.69 Å². The molecule has 0 saturated heterocycles. The minimum Gasteiger partial charge on any atom is -0.298 e. The quantitative estimate of drug-likeness (QED) is 0.447. The standard InChI is InChI=1S/C21H22N2O2S2/c1-21(2,3)16(24)12-27-20-22-18-17(15(11-26-18)13-9-10-13)19(25)23(20)14-7-5-4-6-8-14/h4-8,11,13H,9-10,12H2,1-3H3. The predicted molar refractivity (Wildman–Crippen MR) is 112 cm³/mol. The Kier molecular flexibility index (Phi) is 4.72. The van der Waals surface area contributed by atoms with Gasteiger partial charge in [0.2, 0.25) is 0 Å². The fourth-order valence-corrected chi connectivity index (χ4v) is 5.17. The van der Waals surface area contributed by atoms with Crippen molar-refractivity contribution in [3.63, 3.8) is 0 Å². The summed E-state index contributed by atoms with van der Waals surface area (Å²) >= 11 is 2.88. The minimum absolute atomic E-state index is 0.0277. The number of hydrogen-bond donors (Lipinski definition) is 0. The monoisotopic (exact) mass is 398 g/mol. The number of para-hydroxylation sites is 1. The second-order valence-corrected chi connectivity index (χ2v) is 9.78. The van der Waals surface area contributed by atoms with Crippen molar-refractivity contribution in [2.24, 2.45) is 5.41 Å². The van der Waals surface area contributed by atoms with Crippen molar-refractivity contribution in [1.29, 1.82) is 0 Å². The number of hydrogen-bond acceptors (Lipinski definition) is 5. The zero-order chi connectivity index (χ0) is 19.2. The molecule has 1 aliphatic rings. The van der Waals surface area contributed by atoms with E-state index < -0.39 is 5.41 Å². The average molecular weight is 399 g/mol. The van der Waals surface area contributed by atoms with Gasteiger partial charge in [-0.3, -0.25) is 14.2 Å². The van der Waals surface area contributed by atoms with Gasteiger partial charge >= 0.3 is 0 Å². The number of aromatic nitrogens is 2. The molecule has 0 amide bonds. The van der Waals surface area contributed by atoms with Crippen molar-refractivity contribution in [2.45, 2.75) is 44.7 Å². The molecule has 2 aromatic heterocycles. The van der Waals surface area contributed by atoms with Crippen LogP contribution in [-0.4, -0.2) is 21.1 Å². The van der Waals surface area contributed by atoms with Crippen LogP contribution in [0.2, 0.25) is 0 Å². The lowest BCUT2D eigenvalue weighted by molar-refractivity contribution is -0.123. The van der Waals surface area contributed by atoms with E-state index in [4.69, 9.17) is 4.98 Å². The number of carbonyl (C=O) groups excluding carboxylic acids is 1. The number of Topliss-reactive ketones (excluding diaryl/α,β-unsaturated/α-hetero) is 1. The Morgan fingerprint density at radius 1 is 1.26 bits per heavy atom. The molecule has 1 saturated carbocycles. The Balaban J connectivity index is 1.84. The van der Waals surface area contributed by atoms with E-state index in [2.05, 4.69) is 5.38 Å². The maximum absolute atomic E-state index is 13.4. The third-order valence-corrected chi connectivity index (χ3v) is 6.63. The number of carbonyl (C=O) groups is 1. The first-order valence-corrected chi connectivity index (χ1v) is 11.0. The normalized spacial score (nSPS) is 14.6. The molecule has 0 unspecified atom stereocenters. The molecule has 4 nitrogen and oxygen atoms in total. The average Bonchev–Trinajstić information content (AvgIpc) is 3.39. The first-order chi connectivity index (χ1) is 12.9. The Morgan fingerprint density at radius 3 is 2.59 bits per heavy atom. The van der Waals surface area contributed by atoms with E-state index in [-0.39, 0.29) is 11.3 Å². The molecule has 0 spiro atoms. The molecular formula is C21H22N2O2S2. The van der Waals surface area contributed by atoms with Crippen molar-refractivity contribution in [3.05, 3.63) is 51.6 Å². The van der Waals surface area contributed by atoms with Gasteiger partial charge in [-0.05, 0) is 41.8 Å². The van der Waals surface area contributed by atoms with E-state index >= 15 is 0 Å². The van der Waals surface area contributed by atoms with Crippen LogP contribution in [0.5, 0.6) is 0 Å². The predicted octanol–water partition coefficient (Wildman–Crippen LogP) is 5.03. The van der Waals surface area contributed by atoms with Crippen LogP contribution in [0.3, 0.4) is 0 Å². The number of nitrogens with zero attached hydrogens (tertiary/aromatic N) is 2. The van der Waals surface area contributed by atoms with Crippen LogP contribution < -0.4 is 5.56 Å². The van der Waals surface area contributed by atoms with Crippen LogP contribution in [0, 0.1) is 5.41 Å². The van der Waals surface area contributed by atoms with Crippen LogP contribution in [0.1, 0.15) is 45.1 Å². The van der Waals surface area contributed by atoms with Crippen molar-refractivity contribution < 1.29 is 4.79 Å². The van der Waals surface area contributed by atoms with Crippen LogP contribution >= 0.6 is 23.1 Å². The maximum atomic E-state index is 13.4. The summed E-state index contributed by atoms with van der Waals surface area (Å²) in [7, 11) is 0. The molecule has 3 aromatic rings. The fraction of sp³-hybridized carbons (Fsp3) is 0.381. The molecule has 1 fully saturated rings. The highest BCUT2D eigenvalue weighted by molar-refractivity contribution is 7.99. The molecule has 0 atom stereocenters. The van der Waals surface area contributed by atoms with Crippen LogP contribution in [0.25, 0.3) is 15.9 Å². The molecule has 0 N–H and O–H groups in total. The minimum atomic E-state index is -0.406.